The van der Waals surface area contributed by atoms with Gasteiger partial charge in [-0.15, -0.1) is 0 Å². The number of hydrogen-bond donors (Lipinski definition) is 1. The van der Waals surface area contributed by atoms with E-state index in [0.717, 1.165) is 11.1 Å². The van der Waals surface area contributed by atoms with Gasteiger partial charge < -0.3 is 10.5 Å². The molecule has 2 N–H and O–H groups in total. The van der Waals surface area contributed by atoms with E-state index in [0.29, 0.717) is 11.3 Å². The van der Waals surface area contributed by atoms with Gasteiger partial charge in [-0.25, -0.2) is 9.78 Å². The second kappa shape index (κ2) is 5.63. The van der Waals surface area contributed by atoms with Crippen molar-refractivity contribution in [1.29, 1.82) is 5.26 Å². The highest BCUT2D eigenvalue weighted by atomic mass is 16.5. The molecule has 1 aromatic heterocycles. The number of carbonyl (C=O) groups is 1. The Morgan fingerprint density at radius 2 is 1.90 bits per heavy atom. The van der Waals surface area contributed by atoms with Crippen LogP contribution in [0.1, 0.15) is 27.2 Å². The van der Waals surface area contributed by atoms with E-state index in [1.807, 2.05) is 37.3 Å². The molecule has 0 unspecified atom stereocenters. The van der Waals surface area contributed by atoms with Gasteiger partial charge in [0.2, 0.25) is 0 Å². The standard InChI is InChI=1S/C16H15N3O2/c1-9-4-6-11(7-5-9)14-12(8-17)15(18)19-10(2)13(14)16(20)21-3/h4-7H,1-3H3,(H2,18,19). The van der Waals surface area contributed by atoms with Crippen LogP contribution >= 0.6 is 0 Å². The van der Waals surface area contributed by atoms with Crippen molar-refractivity contribution >= 4 is 11.8 Å². The van der Waals surface area contributed by atoms with E-state index in [9.17, 15) is 10.1 Å². The number of rotatable bonds is 2. The second-order valence-electron chi connectivity index (χ2n) is 4.68. The average Bonchev–Trinajstić information content (AvgIpc) is 2.46. The van der Waals surface area contributed by atoms with Gasteiger partial charge in [0.05, 0.1) is 18.4 Å². The zero-order chi connectivity index (χ0) is 15.6. The number of nitrogens with zero attached hydrogens (tertiary/aromatic N) is 2. The number of pyridine rings is 1. The summed E-state index contributed by atoms with van der Waals surface area (Å²) in [6.45, 7) is 3.63. The molecule has 0 amide bonds. The molecule has 2 aromatic rings. The van der Waals surface area contributed by atoms with Gasteiger partial charge in [0.1, 0.15) is 17.5 Å². The zero-order valence-corrected chi connectivity index (χ0v) is 12.1. The lowest BCUT2D eigenvalue weighted by molar-refractivity contribution is 0.0600. The Bertz CT molecular complexity index is 744. The summed E-state index contributed by atoms with van der Waals surface area (Å²) in [5.41, 5.74) is 9.00. The third kappa shape index (κ3) is 2.56. The summed E-state index contributed by atoms with van der Waals surface area (Å²) in [7, 11) is 1.29. The molecule has 0 aliphatic carbocycles. The van der Waals surface area contributed by atoms with Crippen LogP contribution in [0.2, 0.25) is 0 Å². The minimum atomic E-state index is -0.535. The van der Waals surface area contributed by atoms with Crippen LogP contribution in [0.25, 0.3) is 11.1 Å². The Kier molecular flexibility index (Phi) is 3.90. The Morgan fingerprint density at radius 1 is 1.29 bits per heavy atom. The molecule has 0 aliphatic heterocycles. The molecule has 0 radical (unpaired) electrons. The maximum atomic E-state index is 12.1. The third-order valence-electron chi connectivity index (χ3n) is 3.25. The van der Waals surface area contributed by atoms with E-state index >= 15 is 0 Å². The normalized spacial score (nSPS) is 10.0. The molecule has 106 valence electrons. The highest BCUT2D eigenvalue weighted by molar-refractivity contribution is 6.00. The van der Waals surface area contributed by atoms with E-state index in [4.69, 9.17) is 10.5 Å². The SMILES string of the molecule is COC(=O)c1c(C)nc(N)c(C#N)c1-c1ccc(C)cc1. The van der Waals surface area contributed by atoms with Crippen molar-refractivity contribution in [2.45, 2.75) is 13.8 Å². The first kappa shape index (κ1) is 14.5. The summed E-state index contributed by atoms with van der Waals surface area (Å²) < 4.78 is 4.81. The van der Waals surface area contributed by atoms with E-state index in [1.165, 1.54) is 7.11 Å². The number of methoxy groups -OCH3 is 1. The van der Waals surface area contributed by atoms with Gasteiger partial charge in [0.15, 0.2) is 0 Å². The average molecular weight is 281 g/mol. The molecule has 21 heavy (non-hydrogen) atoms. The number of aryl methyl sites for hydroxylation is 2. The molecule has 0 bridgehead atoms. The van der Waals surface area contributed by atoms with Gasteiger partial charge in [-0.3, -0.25) is 0 Å². The topological polar surface area (TPSA) is 89.0 Å². The van der Waals surface area contributed by atoms with Crippen LogP contribution in [0.5, 0.6) is 0 Å². The van der Waals surface area contributed by atoms with Crippen molar-refractivity contribution in [2.24, 2.45) is 0 Å². The molecule has 0 saturated heterocycles. The van der Waals surface area contributed by atoms with E-state index in [2.05, 4.69) is 4.98 Å². The molecule has 1 aromatic carbocycles. The summed E-state index contributed by atoms with van der Waals surface area (Å²) in [6, 6.07) is 9.53. The van der Waals surface area contributed by atoms with Crippen molar-refractivity contribution < 1.29 is 9.53 Å². The highest BCUT2D eigenvalue weighted by Crippen LogP contribution is 2.32. The zero-order valence-electron chi connectivity index (χ0n) is 12.1. The second-order valence-corrected chi connectivity index (χ2v) is 4.68. The van der Waals surface area contributed by atoms with Gasteiger partial charge in [0, 0.05) is 5.56 Å². The van der Waals surface area contributed by atoms with Crippen LogP contribution in [0, 0.1) is 25.2 Å². The van der Waals surface area contributed by atoms with Crippen LogP contribution in [-0.2, 0) is 4.74 Å². The number of carbonyl (C=O) groups excluding carboxylic acids is 1. The number of nitrogens with two attached hydrogens (primary N) is 1. The first-order valence-electron chi connectivity index (χ1n) is 6.35. The van der Waals surface area contributed by atoms with Gasteiger partial charge in [-0.05, 0) is 19.4 Å². The number of aromatic nitrogens is 1. The number of ether oxygens (including phenoxy) is 1. The van der Waals surface area contributed by atoms with E-state index in [1.54, 1.807) is 6.92 Å². The Labute approximate surface area is 123 Å². The Morgan fingerprint density at radius 3 is 2.43 bits per heavy atom. The molecule has 5 heteroatoms. The summed E-state index contributed by atoms with van der Waals surface area (Å²) in [4.78, 5) is 16.1. The number of anilines is 1. The fraction of sp³-hybridized carbons (Fsp3) is 0.188. The van der Waals surface area contributed by atoms with Crippen molar-refractivity contribution in [2.75, 3.05) is 12.8 Å². The van der Waals surface area contributed by atoms with Crippen molar-refractivity contribution in [3.63, 3.8) is 0 Å². The van der Waals surface area contributed by atoms with Gasteiger partial charge in [0.25, 0.3) is 0 Å². The number of nitrogen functional groups attached to an aromatic ring is 1. The number of nitriles is 1. The first-order chi connectivity index (χ1) is 9.99. The molecule has 0 fully saturated rings. The lowest BCUT2D eigenvalue weighted by atomic mass is 9.94. The molecule has 2 rings (SSSR count). The van der Waals surface area contributed by atoms with Crippen LogP contribution in [0.4, 0.5) is 5.82 Å². The predicted octanol–water partition coefficient (Wildman–Crippen LogP) is 2.61. The lowest BCUT2D eigenvalue weighted by Crippen LogP contribution is -2.12. The summed E-state index contributed by atoms with van der Waals surface area (Å²) in [5.74, 6) is -0.426. The minimum Gasteiger partial charge on any atom is -0.465 e. The first-order valence-corrected chi connectivity index (χ1v) is 6.35. The van der Waals surface area contributed by atoms with Crippen LogP contribution in [-0.4, -0.2) is 18.1 Å². The van der Waals surface area contributed by atoms with Gasteiger partial charge >= 0.3 is 5.97 Å². The molecule has 1 heterocycles. The van der Waals surface area contributed by atoms with Crippen LogP contribution < -0.4 is 5.73 Å². The Hall–Kier alpha value is -2.87. The monoisotopic (exact) mass is 281 g/mol. The fourth-order valence-corrected chi connectivity index (χ4v) is 2.20. The van der Waals surface area contributed by atoms with Crippen molar-refractivity contribution in [3.05, 3.63) is 46.6 Å². The molecular formula is C16H15N3O2. The largest absolute Gasteiger partial charge is 0.465 e. The van der Waals surface area contributed by atoms with Gasteiger partial charge in [-0.1, -0.05) is 29.8 Å². The van der Waals surface area contributed by atoms with E-state index in [-0.39, 0.29) is 16.9 Å². The van der Waals surface area contributed by atoms with Crippen LogP contribution in [0.3, 0.4) is 0 Å². The Balaban J connectivity index is 2.86. The highest BCUT2D eigenvalue weighted by Gasteiger charge is 2.23. The molecule has 5 nitrogen and oxygen atoms in total. The third-order valence-corrected chi connectivity index (χ3v) is 3.25. The molecule has 0 saturated carbocycles. The number of hydrogen-bond acceptors (Lipinski definition) is 5. The number of esters is 1. The summed E-state index contributed by atoms with van der Waals surface area (Å²) >= 11 is 0. The van der Waals surface area contributed by atoms with Crippen LogP contribution in [0.15, 0.2) is 24.3 Å². The minimum absolute atomic E-state index is 0.109. The molecule has 0 atom stereocenters. The fourth-order valence-electron chi connectivity index (χ4n) is 2.20. The van der Waals surface area contributed by atoms with Gasteiger partial charge in [-0.2, -0.15) is 5.26 Å². The number of benzene rings is 1. The lowest BCUT2D eigenvalue weighted by Gasteiger charge is -2.14. The van der Waals surface area contributed by atoms with E-state index < -0.39 is 5.97 Å². The molecule has 0 spiro atoms. The van der Waals surface area contributed by atoms with Crippen molar-refractivity contribution in [1.82, 2.24) is 4.98 Å². The summed E-state index contributed by atoms with van der Waals surface area (Å²) in [6.07, 6.45) is 0. The molecule has 0 aliphatic rings. The maximum Gasteiger partial charge on any atom is 0.340 e. The quantitative estimate of drug-likeness (QED) is 0.855. The smallest absolute Gasteiger partial charge is 0.340 e. The summed E-state index contributed by atoms with van der Waals surface area (Å²) in [5, 5.41) is 9.36. The maximum absolute atomic E-state index is 12.1. The van der Waals surface area contributed by atoms with Crippen molar-refractivity contribution in [3.8, 4) is 17.2 Å². The predicted molar refractivity (Wildman–Crippen MR) is 79.6 cm³/mol. The molecular weight excluding hydrogens is 266 g/mol.